The molecule has 0 bridgehead atoms. The Hall–Kier alpha value is -0.900. The van der Waals surface area contributed by atoms with Crippen molar-refractivity contribution in [3.63, 3.8) is 0 Å². The average molecular weight is 197 g/mol. The quantitative estimate of drug-likeness (QED) is 0.607. The number of carbonyl (C=O) groups excluding carboxylic acids is 2. The molecule has 0 aliphatic carbocycles. The number of amides is 1. The summed E-state index contributed by atoms with van der Waals surface area (Å²) in [6.07, 6.45) is 1.97. The van der Waals surface area contributed by atoms with Crippen LogP contribution in [-0.4, -0.2) is 31.4 Å². The van der Waals surface area contributed by atoms with E-state index in [1.54, 1.807) is 0 Å². The normalized spacial score (nSPS) is 30.1. The van der Waals surface area contributed by atoms with Gasteiger partial charge in [-0.25, -0.2) is 0 Å². The molecule has 78 valence electrons. The van der Waals surface area contributed by atoms with E-state index in [0.717, 1.165) is 26.1 Å². The highest BCUT2D eigenvalue weighted by Crippen LogP contribution is 2.26. The van der Waals surface area contributed by atoms with Gasteiger partial charge in [-0.2, -0.15) is 0 Å². The average Bonchev–Trinajstić information content (AvgIpc) is 2.19. The van der Waals surface area contributed by atoms with E-state index in [1.165, 1.54) is 0 Å². The van der Waals surface area contributed by atoms with Crippen LogP contribution in [0.1, 0.15) is 19.3 Å². The number of Topliss-reactive ketones (excluding diaryl/α,β-unsaturated/α-hetero) is 1. The van der Waals surface area contributed by atoms with Crippen LogP contribution in [0.25, 0.3) is 0 Å². The van der Waals surface area contributed by atoms with Crippen molar-refractivity contribution < 1.29 is 14.3 Å². The summed E-state index contributed by atoms with van der Waals surface area (Å²) in [7, 11) is 0. The van der Waals surface area contributed by atoms with Crippen molar-refractivity contribution in [2.24, 2.45) is 11.8 Å². The van der Waals surface area contributed by atoms with Gasteiger partial charge in [0.25, 0.3) is 0 Å². The fraction of sp³-hybridized carbons (Fsp3) is 0.800. The van der Waals surface area contributed by atoms with Gasteiger partial charge >= 0.3 is 0 Å². The van der Waals surface area contributed by atoms with E-state index in [0.29, 0.717) is 12.5 Å². The van der Waals surface area contributed by atoms with Gasteiger partial charge in [0, 0.05) is 25.7 Å². The SMILES string of the molecule is O=C1CC(=O)[C@H](C2CCOCC2)CN1. The Balaban J connectivity index is 1.95. The summed E-state index contributed by atoms with van der Waals surface area (Å²) in [4.78, 5) is 22.5. The number of piperidine rings is 1. The lowest BCUT2D eigenvalue weighted by Gasteiger charge is -2.31. The largest absolute Gasteiger partial charge is 0.381 e. The van der Waals surface area contributed by atoms with E-state index in [-0.39, 0.29) is 24.0 Å². The Morgan fingerprint density at radius 2 is 1.93 bits per heavy atom. The van der Waals surface area contributed by atoms with E-state index >= 15 is 0 Å². The topological polar surface area (TPSA) is 55.4 Å². The lowest BCUT2D eigenvalue weighted by molar-refractivity contribution is -0.135. The van der Waals surface area contributed by atoms with Crippen molar-refractivity contribution in [3.05, 3.63) is 0 Å². The molecule has 0 saturated carbocycles. The smallest absolute Gasteiger partial charge is 0.227 e. The van der Waals surface area contributed by atoms with Crippen molar-refractivity contribution in [2.75, 3.05) is 19.8 Å². The van der Waals surface area contributed by atoms with Crippen molar-refractivity contribution >= 4 is 11.7 Å². The Kier molecular flexibility index (Phi) is 2.82. The van der Waals surface area contributed by atoms with Crippen LogP contribution in [0, 0.1) is 11.8 Å². The summed E-state index contributed by atoms with van der Waals surface area (Å²) >= 11 is 0. The molecule has 14 heavy (non-hydrogen) atoms. The molecular weight excluding hydrogens is 182 g/mol. The van der Waals surface area contributed by atoms with Gasteiger partial charge in [-0.05, 0) is 18.8 Å². The van der Waals surface area contributed by atoms with Crippen molar-refractivity contribution in [2.45, 2.75) is 19.3 Å². The molecule has 1 N–H and O–H groups in total. The van der Waals surface area contributed by atoms with Crippen LogP contribution in [0.2, 0.25) is 0 Å². The first-order valence-corrected chi connectivity index (χ1v) is 5.14. The second kappa shape index (κ2) is 4.09. The highest BCUT2D eigenvalue weighted by atomic mass is 16.5. The minimum absolute atomic E-state index is 0.0385. The monoisotopic (exact) mass is 197 g/mol. The van der Waals surface area contributed by atoms with Gasteiger partial charge in [-0.15, -0.1) is 0 Å². The predicted molar refractivity (Wildman–Crippen MR) is 49.7 cm³/mol. The maximum absolute atomic E-state index is 11.6. The summed E-state index contributed by atoms with van der Waals surface area (Å²) in [5.41, 5.74) is 0. The molecule has 0 aromatic carbocycles. The summed E-state index contributed by atoms with van der Waals surface area (Å²) in [6, 6.07) is 0. The van der Waals surface area contributed by atoms with Crippen LogP contribution >= 0.6 is 0 Å². The zero-order valence-electron chi connectivity index (χ0n) is 8.12. The first-order valence-electron chi connectivity index (χ1n) is 5.14. The number of rotatable bonds is 1. The molecule has 2 aliphatic rings. The van der Waals surface area contributed by atoms with Crippen LogP contribution in [-0.2, 0) is 14.3 Å². The number of ketones is 1. The molecule has 2 rings (SSSR count). The molecule has 2 aliphatic heterocycles. The molecule has 0 aromatic heterocycles. The maximum Gasteiger partial charge on any atom is 0.227 e. The molecule has 0 radical (unpaired) electrons. The highest BCUT2D eigenvalue weighted by molar-refractivity contribution is 6.01. The standard InChI is InChI=1S/C10H15NO3/c12-9-5-10(13)11-6-8(9)7-1-3-14-4-2-7/h7-8H,1-6H2,(H,11,13)/t8-/m0/s1. The van der Waals surface area contributed by atoms with E-state index < -0.39 is 0 Å². The van der Waals surface area contributed by atoms with Gasteiger partial charge in [-0.3, -0.25) is 9.59 Å². The van der Waals surface area contributed by atoms with E-state index in [1.807, 2.05) is 0 Å². The third-order valence-corrected chi connectivity index (χ3v) is 3.10. The third-order valence-electron chi connectivity index (χ3n) is 3.10. The first kappa shape index (κ1) is 9.65. The lowest BCUT2D eigenvalue weighted by Crippen LogP contribution is -2.45. The summed E-state index contributed by atoms with van der Waals surface area (Å²) in [5.74, 6) is 0.437. The molecule has 0 unspecified atom stereocenters. The second-order valence-electron chi connectivity index (χ2n) is 4.00. The molecular formula is C10H15NO3. The Morgan fingerprint density at radius 3 is 2.57 bits per heavy atom. The zero-order chi connectivity index (χ0) is 9.97. The van der Waals surface area contributed by atoms with Crippen LogP contribution in [0.4, 0.5) is 0 Å². The minimum Gasteiger partial charge on any atom is -0.381 e. The first-order chi connectivity index (χ1) is 6.77. The Morgan fingerprint density at radius 1 is 1.21 bits per heavy atom. The Bertz CT molecular complexity index is 246. The van der Waals surface area contributed by atoms with Gasteiger partial charge in [-0.1, -0.05) is 0 Å². The van der Waals surface area contributed by atoms with E-state index in [4.69, 9.17) is 4.74 Å². The van der Waals surface area contributed by atoms with Crippen molar-refractivity contribution in [1.29, 1.82) is 0 Å². The van der Waals surface area contributed by atoms with Crippen LogP contribution in [0.5, 0.6) is 0 Å². The number of hydrogen-bond donors (Lipinski definition) is 1. The Labute approximate surface area is 83.0 Å². The summed E-state index contributed by atoms with van der Waals surface area (Å²) in [6.45, 7) is 2.03. The molecule has 0 spiro atoms. The number of hydrogen-bond acceptors (Lipinski definition) is 3. The minimum atomic E-state index is -0.127. The van der Waals surface area contributed by atoms with E-state index in [9.17, 15) is 9.59 Å². The van der Waals surface area contributed by atoms with Crippen LogP contribution in [0.3, 0.4) is 0 Å². The molecule has 1 atom stereocenters. The second-order valence-corrected chi connectivity index (χ2v) is 4.00. The third kappa shape index (κ3) is 1.95. The number of carbonyl (C=O) groups is 2. The molecule has 2 saturated heterocycles. The molecule has 2 heterocycles. The molecule has 2 fully saturated rings. The fourth-order valence-electron chi connectivity index (χ4n) is 2.24. The predicted octanol–water partition coefficient (Wildman–Crippen LogP) is 0.118. The molecule has 4 nitrogen and oxygen atoms in total. The number of ether oxygens (including phenoxy) is 1. The van der Waals surface area contributed by atoms with Gasteiger partial charge < -0.3 is 10.1 Å². The van der Waals surface area contributed by atoms with Gasteiger partial charge in [0.15, 0.2) is 0 Å². The van der Waals surface area contributed by atoms with Gasteiger partial charge in [0.2, 0.25) is 5.91 Å². The summed E-state index contributed by atoms with van der Waals surface area (Å²) < 4.78 is 5.25. The molecule has 4 heteroatoms. The lowest BCUT2D eigenvalue weighted by atomic mass is 9.80. The number of nitrogens with one attached hydrogen (secondary N) is 1. The van der Waals surface area contributed by atoms with Crippen LogP contribution < -0.4 is 5.32 Å². The van der Waals surface area contributed by atoms with Crippen LogP contribution in [0.15, 0.2) is 0 Å². The molecule has 1 amide bonds. The summed E-state index contributed by atoms with van der Waals surface area (Å²) in [5, 5.41) is 2.76. The maximum atomic E-state index is 11.6. The zero-order valence-corrected chi connectivity index (χ0v) is 8.12. The fourth-order valence-corrected chi connectivity index (χ4v) is 2.24. The van der Waals surface area contributed by atoms with E-state index in [2.05, 4.69) is 5.32 Å². The molecule has 0 aromatic rings. The van der Waals surface area contributed by atoms with Crippen molar-refractivity contribution in [3.8, 4) is 0 Å². The van der Waals surface area contributed by atoms with Gasteiger partial charge in [0.05, 0.1) is 6.42 Å². The highest BCUT2D eigenvalue weighted by Gasteiger charge is 2.33. The van der Waals surface area contributed by atoms with Gasteiger partial charge in [0.1, 0.15) is 5.78 Å². The van der Waals surface area contributed by atoms with Crippen molar-refractivity contribution in [1.82, 2.24) is 5.32 Å².